The van der Waals surface area contributed by atoms with Gasteiger partial charge in [0.15, 0.2) is 0 Å². The van der Waals surface area contributed by atoms with Crippen molar-refractivity contribution in [2.75, 3.05) is 0 Å². The van der Waals surface area contributed by atoms with Gasteiger partial charge in [-0.05, 0) is 18.8 Å². The smallest absolute Gasteiger partial charge is 0.324 e. The molecule has 0 fully saturated rings. The number of rotatable bonds is 19. The third-order valence-electron chi connectivity index (χ3n) is 6.82. The van der Waals surface area contributed by atoms with E-state index in [-0.39, 0.29) is 5.92 Å². The molecule has 0 amide bonds. The van der Waals surface area contributed by atoms with Gasteiger partial charge in [0.05, 0.1) is 5.16 Å². The summed E-state index contributed by atoms with van der Waals surface area (Å²) in [5, 5.41) is -0.981. The lowest BCUT2D eigenvalue weighted by atomic mass is 9.80. The van der Waals surface area contributed by atoms with Crippen LogP contribution in [-0.2, 0) is 4.57 Å². The highest BCUT2D eigenvalue weighted by atomic mass is 31.2. The summed E-state index contributed by atoms with van der Waals surface area (Å²) in [6.45, 7) is 4.47. The molecule has 176 valence electrons. The molecule has 1 rings (SSSR count). The van der Waals surface area contributed by atoms with Crippen molar-refractivity contribution < 1.29 is 14.4 Å². The van der Waals surface area contributed by atoms with Crippen LogP contribution >= 0.6 is 7.60 Å². The normalized spacial score (nSPS) is 21.4. The molecule has 1 aliphatic rings. The fourth-order valence-corrected chi connectivity index (χ4v) is 6.20. The molecule has 3 nitrogen and oxygen atoms in total. The van der Waals surface area contributed by atoms with Gasteiger partial charge in [-0.2, -0.15) is 0 Å². The van der Waals surface area contributed by atoms with Gasteiger partial charge in [0, 0.05) is 0 Å². The van der Waals surface area contributed by atoms with Crippen LogP contribution in [0.4, 0.5) is 0 Å². The van der Waals surface area contributed by atoms with Crippen molar-refractivity contribution in [1.82, 2.24) is 0 Å². The number of unbranched alkanes of at least 4 members (excludes halogenated alkanes) is 14. The number of allylic oxidation sites excluding steroid dienone is 4. The van der Waals surface area contributed by atoms with E-state index in [1.807, 2.05) is 18.2 Å². The Morgan fingerprint density at radius 1 is 0.700 bits per heavy atom. The molecule has 0 saturated heterocycles. The van der Waals surface area contributed by atoms with Crippen molar-refractivity contribution in [2.24, 2.45) is 5.92 Å². The maximum atomic E-state index is 12.6. The summed E-state index contributed by atoms with van der Waals surface area (Å²) in [4.78, 5) is 20.6. The van der Waals surface area contributed by atoms with Crippen LogP contribution in [0.1, 0.15) is 129 Å². The maximum Gasteiger partial charge on any atom is 0.335 e. The van der Waals surface area contributed by atoms with Crippen molar-refractivity contribution in [3.8, 4) is 0 Å². The zero-order valence-electron chi connectivity index (χ0n) is 19.9. The zero-order valence-corrected chi connectivity index (χ0v) is 20.8. The van der Waals surface area contributed by atoms with Crippen molar-refractivity contribution in [3.05, 3.63) is 24.3 Å². The Morgan fingerprint density at radius 2 is 1.17 bits per heavy atom. The van der Waals surface area contributed by atoms with Crippen molar-refractivity contribution >= 4 is 7.60 Å². The predicted molar refractivity (Wildman–Crippen MR) is 131 cm³/mol. The maximum absolute atomic E-state index is 12.6. The summed E-state index contributed by atoms with van der Waals surface area (Å²) >= 11 is 0. The van der Waals surface area contributed by atoms with E-state index in [0.29, 0.717) is 6.42 Å². The molecule has 0 radical (unpaired) electrons. The van der Waals surface area contributed by atoms with Gasteiger partial charge in [-0.1, -0.05) is 141 Å². The third kappa shape index (κ3) is 10.3. The molecule has 0 aromatic rings. The Hall–Kier alpha value is -0.370. The minimum absolute atomic E-state index is 0.0342. The van der Waals surface area contributed by atoms with Gasteiger partial charge in [0.1, 0.15) is 0 Å². The lowest BCUT2D eigenvalue weighted by Crippen LogP contribution is -2.36. The van der Waals surface area contributed by atoms with Gasteiger partial charge >= 0.3 is 7.60 Å². The number of hydrogen-bond acceptors (Lipinski definition) is 1. The first kappa shape index (κ1) is 27.7. The van der Waals surface area contributed by atoms with Crippen LogP contribution in [0.3, 0.4) is 0 Å². The first-order valence-corrected chi connectivity index (χ1v) is 14.5. The Bertz CT molecular complexity index is 522. The second-order valence-electron chi connectivity index (χ2n) is 9.37. The van der Waals surface area contributed by atoms with Gasteiger partial charge in [0.25, 0.3) is 0 Å². The van der Waals surface area contributed by atoms with E-state index in [9.17, 15) is 14.4 Å². The summed E-state index contributed by atoms with van der Waals surface area (Å²) in [7, 11) is -4.21. The van der Waals surface area contributed by atoms with Crippen LogP contribution in [0.5, 0.6) is 0 Å². The van der Waals surface area contributed by atoms with Crippen molar-refractivity contribution in [2.45, 2.75) is 135 Å². The quantitative estimate of drug-likeness (QED) is 0.156. The first-order valence-electron chi connectivity index (χ1n) is 12.9. The molecule has 0 spiro atoms. The molecular weight excluding hydrogens is 391 g/mol. The summed E-state index contributed by atoms with van der Waals surface area (Å²) < 4.78 is 12.6. The lowest BCUT2D eigenvalue weighted by molar-refractivity contribution is 0.293. The number of hydrogen-bond donors (Lipinski definition) is 2. The topological polar surface area (TPSA) is 57.5 Å². The zero-order chi connectivity index (χ0) is 22.1. The largest absolute Gasteiger partial charge is 0.335 e. The molecule has 0 aliphatic heterocycles. The Labute approximate surface area is 187 Å². The molecule has 2 unspecified atom stereocenters. The highest BCUT2D eigenvalue weighted by molar-refractivity contribution is 7.53. The lowest BCUT2D eigenvalue weighted by Gasteiger charge is -2.39. The summed E-state index contributed by atoms with van der Waals surface area (Å²) in [6, 6.07) is 0. The molecule has 0 aromatic carbocycles. The van der Waals surface area contributed by atoms with Crippen LogP contribution < -0.4 is 0 Å². The highest BCUT2D eigenvalue weighted by Gasteiger charge is 2.49. The van der Waals surface area contributed by atoms with Gasteiger partial charge in [0.2, 0.25) is 0 Å². The average Bonchev–Trinajstić information content (AvgIpc) is 2.72. The molecule has 30 heavy (non-hydrogen) atoms. The third-order valence-corrected chi connectivity index (χ3v) is 8.61. The highest BCUT2D eigenvalue weighted by Crippen LogP contribution is 2.60. The molecule has 2 N–H and O–H groups in total. The fourth-order valence-electron chi connectivity index (χ4n) is 4.82. The van der Waals surface area contributed by atoms with Crippen LogP contribution in [0.2, 0.25) is 0 Å². The van der Waals surface area contributed by atoms with E-state index in [4.69, 9.17) is 0 Å². The molecule has 0 aromatic heterocycles. The van der Waals surface area contributed by atoms with E-state index >= 15 is 0 Å². The van der Waals surface area contributed by atoms with E-state index in [1.165, 1.54) is 83.5 Å². The summed E-state index contributed by atoms with van der Waals surface area (Å²) in [6.07, 6.45) is 28.9. The first-order chi connectivity index (χ1) is 14.5. The predicted octanol–water partition coefficient (Wildman–Crippen LogP) is 8.71. The molecule has 2 atom stereocenters. The van der Waals surface area contributed by atoms with Gasteiger partial charge in [-0.25, -0.2) is 0 Å². The Balaban J connectivity index is 2.42. The van der Waals surface area contributed by atoms with E-state index in [1.54, 1.807) is 0 Å². The van der Waals surface area contributed by atoms with Crippen molar-refractivity contribution in [1.29, 1.82) is 0 Å². The summed E-state index contributed by atoms with van der Waals surface area (Å²) in [5.74, 6) is -0.0342. The minimum Gasteiger partial charge on any atom is -0.324 e. The molecular formula is C26H49O3P. The van der Waals surface area contributed by atoms with E-state index in [0.717, 1.165) is 25.7 Å². The molecule has 1 aliphatic carbocycles. The van der Waals surface area contributed by atoms with Crippen LogP contribution in [0, 0.1) is 5.92 Å². The van der Waals surface area contributed by atoms with Gasteiger partial charge < -0.3 is 9.79 Å². The van der Waals surface area contributed by atoms with Crippen molar-refractivity contribution in [3.63, 3.8) is 0 Å². The van der Waals surface area contributed by atoms with E-state index in [2.05, 4.69) is 19.9 Å². The molecule has 4 heteroatoms. The molecule has 0 heterocycles. The van der Waals surface area contributed by atoms with Crippen LogP contribution in [0.25, 0.3) is 0 Å². The summed E-state index contributed by atoms with van der Waals surface area (Å²) in [5.41, 5.74) is 0. The van der Waals surface area contributed by atoms with Crippen LogP contribution in [-0.4, -0.2) is 14.9 Å². The second-order valence-corrected chi connectivity index (χ2v) is 11.3. The monoisotopic (exact) mass is 440 g/mol. The van der Waals surface area contributed by atoms with Gasteiger partial charge in [-0.3, -0.25) is 4.57 Å². The minimum atomic E-state index is -4.21. The second kappa shape index (κ2) is 16.3. The van der Waals surface area contributed by atoms with E-state index < -0.39 is 12.8 Å². The fraction of sp³-hybridized carbons (Fsp3) is 0.846. The Morgan fingerprint density at radius 3 is 1.67 bits per heavy atom. The standard InChI is InChI=1S/C26H49O3P/c1-3-5-7-9-11-12-13-14-16-19-23-26(30(27,28)29)24-20-18-22-25(26)21-17-15-10-8-6-4-2/h18,20,22,24-25H,3-17,19,21,23H2,1-2H3,(H2,27,28,29). The van der Waals surface area contributed by atoms with Crippen LogP contribution in [0.15, 0.2) is 24.3 Å². The molecule has 0 bridgehead atoms. The Kier molecular flexibility index (Phi) is 15.0. The van der Waals surface area contributed by atoms with Gasteiger partial charge in [-0.15, -0.1) is 0 Å². The molecule has 0 saturated carbocycles. The SMILES string of the molecule is CCCCCCCCCCCCC1(P(=O)(O)O)C=CC=CC1CCCCCCCC. The average molecular weight is 441 g/mol.